The van der Waals surface area contributed by atoms with Gasteiger partial charge in [-0.15, -0.1) is 0 Å². The van der Waals surface area contributed by atoms with Gasteiger partial charge in [-0.3, -0.25) is 9.59 Å². The Morgan fingerprint density at radius 1 is 1.00 bits per heavy atom. The van der Waals surface area contributed by atoms with Crippen molar-refractivity contribution in [3.63, 3.8) is 0 Å². The number of carbonyl (C=O) groups is 2. The van der Waals surface area contributed by atoms with Crippen molar-refractivity contribution in [3.05, 3.63) is 74.8 Å². The molecule has 0 bridgehead atoms. The molecule has 0 fully saturated rings. The second-order valence-electron chi connectivity index (χ2n) is 5.26. The first kappa shape index (κ1) is 14.7. The molecule has 1 N–H and O–H groups in total. The number of aromatic hydroxyl groups is 1. The second kappa shape index (κ2) is 5.54. The molecule has 0 saturated carbocycles. The largest absolute Gasteiger partial charge is 0.507 e. The predicted octanol–water partition coefficient (Wildman–Crippen LogP) is 4.09. The average Bonchev–Trinajstić information content (AvgIpc) is 2.51. The zero-order valence-corrected chi connectivity index (χ0v) is 13.5. The lowest BCUT2D eigenvalue weighted by molar-refractivity contribution is 0.0970. The first-order valence-electron chi connectivity index (χ1n) is 6.84. The Balaban J connectivity index is 2.06. The number of halogens is 1. The van der Waals surface area contributed by atoms with Gasteiger partial charge in [0.2, 0.25) is 0 Å². The van der Waals surface area contributed by atoms with Gasteiger partial charge in [0.15, 0.2) is 11.6 Å². The van der Waals surface area contributed by atoms with E-state index in [-0.39, 0.29) is 28.4 Å². The summed E-state index contributed by atoms with van der Waals surface area (Å²) in [6.07, 6.45) is 0.372. The van der Waals surface area contributed by atoms with E-state index in [1.807, 2.05) is 24.3 Å². The summed E-state index contributed by atoms with van der Waals surface area (Å²) in [6, 6.07) is 12.2. The van der Waals surface area contributed by atoms with Crippen molar-refractivity contribution >= 4 is 27.5 Å². The van der Waals surface area contributed by atoms with E-state index in [9.17, 15) is 14.7 Å². The third-order valence-corrected chi connectivity index (χ3v) is 4.40. The van der Waals surface area contributed by atoms with Crippen LogP contribution in [0.4, 0.5) is 0 Å². The molecule has 0 unspecified atom stereocenters. The maximum atomic E-state index is 12.7. The highest BCUT2D eigenvalue weighted by atomic mass is 79.9. The number of rotatable bonds is 2. The molecule has 110 valence electrons. The van der Waals surface area contributed by atoms with Crippen LogP contribution < -0.4 is 0 Å². The van der Waals surface area contributed by atoms with Crippen LogP contribution in [0.3, 0.4) is 0 Å². The average molecular weight is 357 g/mol. The first-order chi connectivity index (χ1) is 10.5. The molecule has 1 aliphatic carbocycles. The standard InChI is InChI=1S/C18H13BrO3/c1-10-14(9-11-5-7-12(19)8-6-11)18(22)16-13(17(10)21)3-2-4-15(16)20/h2-8,20H,9H2,1H3. The summed E-state index contributed by atoms with van der Waals surface area (Å²) in [5.74, 6) is -0.609. The lowest BCUT2D eigenvalue weighted by Crippen LogP contribution is -2.22. The van der Waals surface area contributed by atoms with Crippen molar-refractivity contribution in [2.75, 3.05) is 0 Å². The van der Waals surface area contributed by atoms with E-state index >= 15 is 0 Å². The molecule has 1 aliphatic rings. The Morgan fingerprint density at radius 3 is 2.36 bits per heavy atom. The summed E-state index contributed by atoms with van der Waals surface area (Å²) in [5, 5.41) is 9.95. The Morgan fingerprint density at radius 2 is 1.68 bits per heavy atom. The number of phenols is 1. The summed E-state index contributed by atoms with van der Waals surface area (Å²) < 4.78 is 0.955. The fourth-order valence-electron chi connectivity index (χ4n) is 2.65. The number of Topliss-reactive ketones (excluding diaryl/α,β-unsaturated/α-hetero) is 2. The third-order valence-electron chi connectivity index (χ3n) is 3.88. The van der Waals surface area contributed by atoms with Crippen LogP contribution in [-0.2, 0) is 6.42 Å². The van der Waals surface area contributed by atoms with Crippen molar-refractivity contribution in [1.29, 1.82) is 0 Å². The lowest BCUT2D eigenvalue weighted by atomic mass is 9.82. The first-order valence-corrected chi connectivity index (χ1v) is 7.64. The normalized spacial score (nSPS) is 14.3. The minimum absolute atomic E-state index is 0.116. The van der Waals surface area contributed by atoms with Crippen molar-refractivity contribution in [2.24, 2.45) is 0 Å². The van der Waals surface area contributed by atoms with Gasteiger partial charge in [0.25, 0.3) is 0 Å². The molecule has 0 atom stereocenters. The van der Waals surface area contributed by atoms with E-state index in [1.165, 1.54) is 6.07 Å². The third kappa shape index (κ3) is 2.40. The van der Waals surface area contributed by atoms with Crippen LogP contribution >= 0.6 is 15.9 Å². The Bertz CT molecular complexity index is 817. The molecule has 22 heavy (non-hydrogen) atoms. The lowest BCUT2D eigenvalue weighted by Gasteiger charge is -2.20. The number of hydrogen-bond donors (Lipinski definition) is 1. The fourth-order valence-corrected chi connectivity index (χ4v) is 2.91. The Labute approximate surface area is 136 Å². The van der Waals surface area contributed by atoms with E-state index < -0.39 is 0 Å². The van der Waals surface area contributed by atoms with Gasteiger partial charge in [0.05, 0.1) is 5.56 Å². The van der Waals surface area contributed by atoms with Gasteiger partial charge >= 0.3 is 0 Å². The second-order valence-corrected chi connectivity index (χ2v) is 6.18. The molecule has 3 nitrogen and oxygen atoms in total. The molecular formula is C18H13BrO3. The summed E-state index contributed by atoms with van der Waals surface area (Å²) in [7, 11) is 0. The summed E-state index contributed by atoms with van der Waals surface area (Å²) in [4.78, 5) is 25.1. The molecule has 0 heterocycles. The highest BCUT2D eigenvalue weighted by Gasteiger charge is 2.31. The van der Waals surface area contributed by atoms with Crippen molar-refractivity contribution in [1.82, 2.24) is 0 Å². The van der Waals surface area contributed by atoms with Crippen molar-refractivity contribution in [3.8, 4) is 5.75 Å². The van der Waals surface area contributed by atoms with E-state index in [0.717, 1.165) is 10.0 Å². The molecule has 0 aromatic heterocycles. The summed E-state index contributed by atoms with van der Waals surface area (Å²) in [5.41, 5.74) is 2.23. The molecule has 2 aromatic carbocycles. The van der Waals surface area contributed by atoms with Crippen LogP contribution in [0.15, 0.2) is 58.1 Å². The zero-order valence-electron chi connectivity index (χ0n) is 11.9. The Kier molecular flexibility index (Phi) is 3.71. The summed E-state index contributed by atoms with van der Waals surface area (Å²) in [6.45, 7) is 1.67. The summed E-state index contributed by atoms with van der Waals surface area (Å²) >= 11 is 3.37. The van der Waals surface area contributed by atoms with Crippen molar-refractivity contribution in [2.45, 2.75) is 13.3 Å². The molecule has 0 radical (unpaired) electrons. The number of benzene rings is 2. The zero-order chi connectivity index (χ0) is 15.9. The molecule has 2 aromatic rings. The van der Waals surface area contributed by atoms with E-state index in [0.29, 0.717) is 17.6 Å². The monoisotopic (exact) mass is 356 g/mol. The maximum Gasteiger partial charge on any atom is 0.194 e. The van der Waals surface area contributed by atoms with Crippen molar-refractivity contribution < 1.29 is 14.7 Å². The van der Waals surface area contributed by atoms with Crippen LogP contribution in [0, 0.1) is 0 Å². The molecule has 0 spiro atoms. The quantitative estimate of drug-likeness (QED) is 0.881. The molecule has 3 rings (SSSR count). The van der Waals surface area contributed by atoms with Gasteiger partial charge in [-0.25, -0.2) is 0 Å². The van der Waals surface area contributed by atoms with Crippen LogP contribution in [0.1, 0.15) is 33.2 Å². The number of phenolic OH excluding ortho intramolecular Hbond substituents is 1. The van der Waals surface area contributed by atoms with Gasteiger partial charge in [-0.05, 0) is 30.7 Å². The van der Waals surface area contributed by atoms with Gasteiger partial charge < -0.3 is 5.11 Å². The number of carbonyl (C=O) groups excluding carboxylic acids is 2. The minimum atomic E-state index is -0.270. The highest BCUT2D eigenvalue weighted by Crippen LogP contribution is 2.33. The maximum absolute atomic E-state index is 12.7. The SMILES string of the molecule is CC1=C(Cc2ccc(Br)cc2)C(=O)c2c(O)cccc2C1=O. The highest BCUT2D eigenvalue weighted by molar-refractivity contribution is 9.10. The van der Waals surface area contributed by atoms with Gasteiger partial charge in [-0.2, -0.15) is 0 Å². The number of fused-ring (bicyclic) bond motifs is 1. The fraction of sp³-hybridized carbons (Fsp3) is 0.111. The molecule has 0 saturated heterocycles. The molecular weight excluding hydrogens is 344 g/mol. The van der Waals surface area contributed by atoms with E-state index in [1.54, 1.807) is 19.1 Å². The van der Waals surface area contributed by atoms with Crippen LogP contribution in [0.25, 0.3) is 0 Å². The molecule has 0 aliphatic heterocycles. The molecule has 4 heteroatoms. The predicted molar refractivity (Wildman–Crippen MR) is 87.3 cm³/mol. The minimum Gasteiger partial charge on any atom is -0.507 e. The number of hydrogen-bond acceptors (Lipinski definition) is 3. The van der Waals surface area contributed by atoms with Crippen LogP contribution in [0.5, 0.6) is 5.75 Å². The molecule has 0 amide bonds. The van der Waals surface area contributed by atoms with Crippen LogP contribution in [-0.4, -0.2) is 16.7 Å². The Hall–Kier alpha value is -2.20. The topological polar surface area (TPSA) is 54.4 Å². The van der Waals surface area contributed by atoms with E-state index in [2.05, 4.69) is 15.9 Å². The van der Waals surface area contributed by atoms with Gasteiger partial charge in [0, 0.05) is 27.6 Å². The van der Waals surface area contributed by atoms with E-state index in [4.69, 9.17) is 0 Å². The number of ketones is 2. The smallest absolute Gasteiger partial charge is 0.194 e. The number of allylic oxidation sites excluding steroid dienone is 2. The van der Waals surface area contributed by atoms with Gasteiger partial charge in [-0.1, -0.05) is 40.2 Å². The van der Waals surface area contributed by atoms with Gasteiger partial charge in [0.1, 0.15) is 5.75 Å². The van der Waals surface area contributed by atoms with Crippen LogP contribution in [0.2, 0.25) is 0 Å².